The van der Waals surface area contributed by atoms with Crippen molar-refractivity contribution in [3.63, 3.8) is 0 Å². The molecule has 7 nitrogen and oxygen atoms in total. The fraction of sp³-hybridized carbons (Fsp3) is 0.600. The Morgan fingerprint density at radius 2 is 2.00 bits per heavy atom. The van der Waals surface area contributed by atoms with E-state index in [0.717, 1.165) is 25.7 Å². The Balaban J connectivity index is 1.74. The highest BCUT2D eigenvalue weighted by Gasteiger charge is 2.37. The van der Waals surface area contributed by atoms with E-state index in [0.29, 0.717) is 31.6 Å². The molecule has 3 N–H and O–H groups in total. The largest absolute Gasteiger partial charge is 0.363 e. The number of nitrogens with one attached hydrogen (secondary N) is 2. The first-order chi connectivity index (χ1) is 14.0. The Hall–Kier alpha value is -1.68. The topological polar surface area (TPSA) is 103 Å². The Morgan fingerprint density at radius 1 is 1.31 bits per heavy atom. The standard InChI is InChI=1S/C20H28FN3O4S/c21-14-4-3-5-15(12-14)23-20(25)19(28-16-6-1-2-7-16)18(13-22)24-10-8-17(9-11-24)29(26)27/h3-5,12-13,16-19,22H,1-2,6-11H2,(H,23,25)(H,26,27). The lowest BCUT2D eigenvalue weighted by Crippen LogP contribution is -2.54. The number of hydrogen-bond acceptors (Lipinski definition) is 5. The van der Waals surface area contributed by atoms with Crippen molar-refractivity contribution in [1.29, 1.82) is 5.41 Å². The summed E-state index contributed by atoms with van der Waals surface area (Å²) < 4.78 is 40.3. The molecule has 160 valence electrons. The van der Waals surface area contributed by atoms with Gasteiger partial charge in [-0.25, -0.2) is 8.60 Å². The minimum Gasteiger partial charge on any atom is -0.363 e. The SMILES string of the molecule is N=CC(C(OC1CCCC1)C(=O)Nc1cccc(F)c1)N1CCC(S(=O)O)CC1. The van der Waals surface area contributed by atoms with Crippen LogP contribution < -0.4 is 5.32 Å². The molecule has 1 heterocycles. The van der Waals surface area contributed by atoms with Gasteiger partial charge in [0.2, 0.25) is 0 Å². The number of anilines is 1. The molecule has 3 unspecified atom stereocenters. The zero-order valence-corrected chi connectivity index (χ0v) is 17.1. The van der Waals surface area contributed by atoms with Gasteiger partial charge in [-0.15, -0.1) is 0 Å². The lowest BCUT2D eigenvalue weighted by atomic mass is 10.0. The second-order valence-corrected chi connectivity index (χ2v) is 8.85. The Labute approximate surface area is 172 Å². The smallest absolute Gasteiger partial charge is 0.255 e. The van der Waals surface area contributed by atoms with Crippen LogP contribution in [0.1, 0.15) is 38.5 Å². The van der Waals surface area contributed by atoms with Gasteiger partial charge in [-0.05, 0) is 43.9 Å². The van der Waals surface area contributed by atoms with Crippen LogP contribution in [-0.2, 0) is 20.6 Å². The van der Waals surface area contributed by atoms with E-state index >= 15 is 0 Å². The molecular formula is C20H28FN3O4S. The van der Waals surface area contributed by atoms with Crippen LogP contribution in [0, 0.1) is 11.2 Å². The van der Waals surface area contributed by atoms with E-state index < -0.39 is 35.0 Å². The molecule has 29 heavy (non-hydrogen) atoms. The monoisotopic (exact) mass is 425 g/mol. The minimum atomic E-state index is -1.86. The third-order valence-electron chi connectivity index (χ3n) is 5.66. The zero-order chi connectivity index (χ0) is 20.8. The van der Waals surface area contributed by atoms with Gasteiger partial charge in [-0.3, -0.25) is 9.69 Å². The van der Waals surface area contributed by atoms with Crippen LogP contribution in [0.4, 0.5) is 10.1 Å². The average Bonchev–Trinajstić information content (AvgIpc) is 3.21. The quantitative estimate of drug-likeness (QED) is 0.439. The van der Waals surface area contributed by atoms with Crippen LogP contribution in [0.5, 0.6) is 0 Å². The summed E-state index contributed by atoms with van der Waals surface area (Å²) in [6.45, 7) is 1.02. The van der Waals surface area contributed by atoms with Gasteiger partial charge in [0, 0.05) is 25.0 Å². The summed E-state index contributed by atoms with van der Waals surface area (Å²) >= 11 is -1.86. The molecule has 0 bridgehead atoms. The molecule has 2 fully saturated rings. The molecule has 1 aliphatic heterocycles. The molecule has 1 aromatic rings. The van der Waals surface area contributed by atoms with Crippen molar-refractivity contribution in [3.8, 4) is 0 Å². The van der Waals surface area contributed by atoms with E-state index in [1.807, 2.05) is 4.90 Å². The third kappa shape index (κ3) is 5.91. The molecule has 0 radical (unpaired) electrons. The maximum atomic E-state index is 13.5. The van der Waals surface area contributed by atoms with Gasteiger partial charge in [0.15, 0.2) is 17.2 Å². The van der Waals surface area contributed by atoms with Crippen molar-refractivity contribution in [2.75, 3.05) is 18.4 Å². The Bertz CT molecular complexity index is 736. The third-order valence-corrected chi connectivity index (χ3v) is 6.70. The number of benzene rings is 1. The normalized spacial score (nSPS) is 22.1. The maximum absolute atomic E-state index is 13.5. The number of rotatable bonds is 8. The van der Waals surface area contributed by atoms with Crippen LogP contribution in [0.15, 0.2) is 24.3 Å². The van der Waals surface area contributed by atoms with Crippen molar-refractivity contribution in [1.82, 2.24) is 4.90 Å². The lowest BCUT2D eigenvalue weighted by Gasteiger charge is -2.38. The number of ether oxygens (including phenoxy) is 1. The van der Waals surface area contributed by atoms with E-state index in [4.69, 9.17) is 10.1 Å². The molecule has 0 aromatic heterocycles. The Morgan fingerprint density at radius 3 is 2.59 bits per heavy atom. The molecule has 1 saturated heterocycles. The predicted molar refractivity (Wildman–Crippen MR) is 110 cm³/mol. The van der Waals surface area contributed by atoms with Gasteiger partial charge in [0.05, 0.1) is 17.4 Å². The molecule has 1 saturated carbocycles. The predicted octanol–water partition coefficient (Wildman–Crippen LogP) is 2.80. The molecule has 1 aliphatic carbocycles. The molecular weight excluding hydrogens is 397 g/mol. The van der Waals surface area contributed by atoms with Crippen molar-refractivity contribution in [2.24, 2.45) is 0 Å². The minimum absolute atomic E-state index is 0.0387. The molecule has 3 rings (SSSR count). The van der Waals surface area contributed by atoms with Gasteiger partial charge in [-0.2, -0.15) is 0 Å². The van der Waals surface area contributed by atoms with Gasteiger partial charge in [0.1, 0.15) is 5.82 Å². The molecule has 2 aliphatic rings. The fourth-order valence-corrected chi connectivity index (χ4v) is 4.68. The highest BCUT2D eigenvalue weighted by atomic mass is 32.2. The second-order valence-electron chi connectivity index (χ2n) is 7.63. The summed E-state index contributed by atoms with van der Waals surface area (Å²) in [7, 11) is 0. The highest BCUT2D eigenvalue weighted by Crippen LogP contribution is 2.26. The maximum Gasteiger partial charge on any atom is 0.255 e. The van der Waals surface area contributed by atoms with Crippen LogP contribution >= 0.6 is 0 Å². The first-order valence-electron chi connectivity index (χ1n) is 10.0. The summed E-state index contributed by atoms with van der Waals surface area (Å²) in [5.41, 5.74) is 0.341. The summed E-state index contributed by atoms with van der Waals surface area (Å²) in [5, 5.41) is 10.4. The van der Waals surface area contributed by atoms with Gasteiger partial charge < -0.3 is 20.0 Å². The van der Waals surface area contributed by atoms with Crippen molar-refractivity contribution < 1.29 is 22.7 Å². The first-order valence-corrected chi connectivity index (χ1v) is 11.2. The van der Waals surface area contributed by atoms with Crippen molar-refractivity contribution >= 4 is 28.9 Å². The second kappa shape index (κ2) is 10.4. The van der Waals surface area contributed by atoms with Crippen LogP contribution in [-0.4, -0.2) is 62.4 Å². The van der Waals surface area contributed by atoms with Crippen LogP contribution in [0.2, 0.25) is 0 Å². The van der Waals surface area contributed by atoms with E-state index in [2.05, 4.69) is 5.32 Å². The number of hydrogen-bond donors (Lipinski definition) is 3. The molecule has 3 atom stereocenters. The summed E-state index contributed by atoms with van der Waals surface area (Å²) in [6, 6.07) is 5.09. The molecule has 1 aromatic carbocycles. The molecule has 0 spiro atoms. The summed E-state index contributed by atoms with van der Waals surface area (Å²) in [6.07, 6.45) is 5.15. The Kier molecular flexibility index (Phi) is 7.88. The van der Waals surface area contributed by atoms with Crippen molar-refractivity contribution in [2.45, 2.75) is 62.0 Å². The first kappa shape index (κ1) is 22.0. The van der Waals surface area contributed by atoms with E-state index in [-0.39, 0.29) is 11.4 Å². The number of carbonyl (C=O) groups excluding carboxylic acids is 1. The summed E-state index contributed by atoms with van der Waals surface area (Å²) in [5.74, 6) is -0.859. The number of likely N-dealkylation sites (tertiary alicyclic amines) is 1. The lowest BCUT2D eigenvalue weighted by molar-refractivity contribution is -0.135. The number of nitrogens with zero attached hydrogens (tertiary/aromatic N) is 1. The number of carbonyl (C=O) groups is 1. The van der Waals surface area contributed by atoms with Crippen LogP contribution in [0.3, 0.4) is 0 Å². The van der Waals surface area contributed by atoms with Crippen molar-refractivity contribution in [3.05, 3.63) is 30.1 Å². The number of piperidine rings is 1. The van der Waals surface area contributed by atoms with Gasteiger partial charge in [0.25, 0.3) is 5.91 Å². The molecule has 9 heteroatoms. The average molecular weight is 426 g/mol. The fourth-order valence-electron chi connectivity index (χ4n) is 4.07. The van der Waals surface area contributed by atoms with E-state index in [9.17, 15) is 17.9 Å². The van der Waals surface area contributed by atoms with E-state index in [1.54, 1.807) is 6.07 Å². The zero-order valence-electron chi connectivity index (χ0n) is 16.3. The molecule has 1 amide bonds. The van der Waals surface area contributed by atoms with Gasteiger partial charge >= 0.3 is 0 Å². The number of halogens is 1. The van der Waals surface area contributed by atoms with Gasteiger partial charge in [-0.1, -0.05) is 18.9 Å². The van der Waals surface area contributed by atoms with E-state index in [1.165, 1.54) is 24.4 Å². The summed E-state index contributed by atoms with van der Waals surface area (Å²) in [4.78, 5) is 15.0. The number of amides is 1. The highest BCUT2D eigenvalue weighted by molar-refractivity contribution is 7.79. The van der Waals surface area contributed by atoms with Crippen LogP contribution in [0.25, 0.3) is 0 Å².